The quantitative estimate of drug-likeness (QED) is 0.245. The number of methoxy groups -OCH3 is 1. The van der Waals surface area contributed by atoms with Gasteiger partial charge in [-0.15, -0.1) is 24.0 Å². The number of guanidine groups is 1. The molecular formula is C20H27FIN3O2. The molecule has 0 atom stereocenters. The summed E-state index contributed by atoms with van der Waals surface area (Å²) in [5.74, 6) is 1.29. The Bertz CT molecular complexity index is 696. The first-order valence-electron chi connectivity index (χ1n) is 8.69. The molecule has 0 spiro atoms. The highest BCUT2D eigenvalue weighted by molar-refractivity contribution is 14.0. The van der Waals surface area contributed by atoms with Crippen molar-refractivity contribution in [3.8, 4) is 5.75 Å². The van der Waals surface area contributed by atoms with Gasteiger partial charge in [-0.3, -0.25) is 0 Å². The van der Waals surface area contributed by atoms with Gasteiger partial charge in [0, 0.05) is 18.7 Å². The summed E-state index contributed by atoms with van der Waals surface area (Å²) in [6.45, 7) is 4.92. The lowest BCUT2D eigenvalue weighted by atomic mass is 10.2. The molecule has 0 aliphatic heterocycles. The van der Waals surface area contributed by atoms with Gasteiger partial charge in [0.1, 0.15) is 11.6 Å². The summed E-state index contributed by atoms with van der Waals surface area (Å²) in [7, 11) is 1.65. The maximum Gasteiger partial charge on any atom is 0.191 e. The van der Waals surface area contributed by atoms with Crippen LogP contribution in [0.25, 0.3) is 0 Å². The first-order valence-corrected chi connectivity index (χ1v) is 8.69. The normalized spacial score (nSPS) is 10.9. The van der Waals surface area contributed by atoms with Gasteiger partial charge in [-0.25, -0.2) is 9.38 Å². The summed E-state index contributed by atoms with van der Waals surface area (Å²) < 4.78 is 23.9. The Hall–Kier alpha value is -1.87. The zero-order valence-corrected chi connectivity index (χ0v) is 18.0. The van der Waals surface area contributed by atoms with E-state index in [4.69, 9.17) is 9.47 Å². The lowest BCUT2D eigenvalue weighted by Gasteiger charge is -2.12. The molecule has 0 saturated heterocycles. The van der Waals surface area contributed by atoms with Crippen molar-refractivity contribution in [1.82, 2.24) is 10.6 Å². The van der Waals surface area contributed by atoms with Gasteiger partial charge in [0.05, 0.1) is 26.9 Å². The predicted molar refractivity (Wildman–Crippen MR) is 117 cm³/mol. The fourth-order valence-electron chi connectivity index (χ4n) is 2.35. The summed E-state index contributed by atoms with van der Waals surface area (Å²) >= 11 is 0. The van der Waals surface area contributed by atoms with Crippen LogP contribution in [0, 0.1) is 5.82 Å². The first-order chi connectivity index (χ1) is 12.7. The lowest BCUT2D eigenvalue weighted by molar-refractivity contribution is 0.123. The van der Waals surface area contributed by atoms with Gasteiger partial charge in [0.15, 0.2) is 5.96 Å². The number of hydrogen-bond acceptors (Lipinski definition) is 3. The highest BCUT2D eigenvalue weighted by Gasteiger charge is 2.02. The molecule has 0 aromatic heterocycles. The highest BCUT2D eigenvalue weighted by atomic mass is 127. The lowest BCUT2D eigenvalue weighted by Crippen LogP contribution is -2.38. The van der Waals surface area contributed by atoms with Gasteiger partial charge in [0.2, 0.25) is 0 Å². The van der Waals surface area contributed by atoms with Crippen LogP contribution in [0.1, 0.15) is 18.1 Å². The monoisotopic (exact) mass is 487 g/mol. The molecular weight excluding hydrogens is 460 g/mol. The van der Waals surface area contributed by atoms with E-state index < -0.39 is 0 Å². The molecule has 2 rings (SSSR count). The third-order valence-electron chi connectivity index (χ3n) is 3.67. The van der Waals surface area contributed by atoms with Crippen molar-refractivity contribution in [2.24, 2.45) is 4.99 Å². The minimum absolute atomic E-state index is 0. The van der Waals surface area contributed by atoms with E-state index in [0.29, 0.717) is 32.3 Å². The average molecular weight is 487 g/mol. The number of hydrogen-bond donors (Lipinski definition) is 2. The smallest absolute Gasteiger partial charge is 0.191 e. The van der Waals surface area contributed by atoms with E-state index in [1.165, 1.54) is 12.1 Å². The van der Waals surface area contributed by atoms with Crippen LogP contribution < -0.4 is 15.4 Å². The summed E-state index contributed by atoms with van der Waals surface area (Å²) in [6, 6.07) is 14.2. The van der Waals surface area contributed by atoms with Crippen LogP contribution in [0.5, 0.6) is 5.75 Å². The standard InChI is InChI=1S/C20H26FN3O2.HI/c1-3-22-20(24-14-16-8-10-18(21)11-9-16)23-12-13-26-15-17-6-4-5-7-19(17)25-2;/h4-11H,3,12-15H2,1-2H3,(H2,22,23,24);1H. The molecule has 2 N–H and O–H groups in total. The summed E-state index contributed by atoms with van der Waals surface area (Å²) in [5, 5.41) is 6.41. The van der Waals surface area contributed by atoms with E-state index in [0.717, 1.165) is 23.4 Å². The Morgan fingerprint density at radius 2 is 1.81 bits per heavy atom. The molecule has 7 heteroatoms. The van der Waals surface area contributed by atoms with E-state index in [-0.39, 0.29) is 29.8 Å². The third kappa shape index (κ3) is 8.57. The highest BCUT2D eigenvalue weighted by Crippen LogP contribution is 2.17. The zero-order valence-electron chi connectivity index (χ0n) is 15.7. The number of ether oxygens (including phenoxy) is 2. The van der Waals surface area contributed by atoms with Crippen molar-refractivity contribution < 1.29 is 13.9 Å². The molecule has 0 aliphatic carbocycles. The van der Waals surface area contributed by atoms with E-state index in [2.05, 4.69) is 15.6 Å². The van der Waals surface area contributed by atoms with Gasteiger partial charge in [0.25, 0.3) is 0 Å². The average Bonchev–Trinajstić information content (AvgIpc) is 2.67. The summed E-state index contributed by atoms with van der Waals surface area (Å²) in [4.78, 5) is 4.49. The van der Waals surface area contributed by atoms with Crippen molar-refractivity contribution in [1.29, 1.82) is 0 Å². The number of para-hydroxylation sites is 1. The molecule has 0 unspecified atom stereocenters. The second-order valence-electron chi connectivity index (χ2n) is 5.61. The molecule has 0 saturated carbocycles. The second-order valence-corrected chi connectivity index (χ2v) is 5.61. The molecule has 2 aromatic carbocycles. The molecule has 0 radical (unpaired) electrons. The number of nitrogens with zero attached hydrogens (tertiary/aromatic N) is 1. The van der Waals surface area contributed by atoms with Gasteiger partial charge >= 0.3 is 0 Å². The third-order valence-corrected chi connectivity index (χ3v) is 3.67. The van der Waals surface area contributed by atoms with Crippen molar-refractivity contribution in [3.05, 3.63) is 65.5 Å². The number of benzene rings is 2. The van der Waals surface area contributed by atoms with Gasteiger partial charge < -0.3 is 20.1 Å². The first kappa shape index (κ1) is 23.2. The van der Waals surface area contributed by atoms with E-state index in [1.54, 1.807) is 19.2 Å². The van der Waals surface area contributed by atoms with Gasteiger partial charge in [-0.05, 0) is 30.7 Å². The van der Waals surface area contributed by atoms with E-state index in [9.17, 15) is 4.39 Å². The minimum atomic E-state index is -0.241. The molecule has 0 heterocycles. The largest absolute Gasteiger partial charge is 0.496 e. The van der Waals surface area contributed by atoms with Gasteiger partial charge in [-0.1, -0.05) is 30.3 Å². The molecule has 5 nitrogen and oxygen atoms in total. The van der Waals surface area contributed by atoms with Crippen molar-refractivity contribution >= 4 is 29.9 Å². The fourth-order valence-corrected chi connectivity index (χ4v) is 2.35. The van der Waals surface area contributed by atoms with Crippen LogP contribution in [-0.2, 0) is 17.9 Å². The Balaban J connectivity index is 0.00000364. The number of rotatable bonds is 9. The number of aliphatic imine (C=N–C) groups is 1. The van der Waals surface area contributed by atoms with Crippen LogP contribution in [0.15, 0.2) is 53.5 Å². The molecule has 0 fully saturated rings. The van der Waals surface area contributed by atoms with Crippen molar-refractivity contribution in [3.63, 3.8) is 0 Å². The molecule has 0 aliphatic rings. The zero-order chi connectivity index (χ0) is 18.6. The van der Waals surface area contributed by atoms with Crippen molar-refractivity contribution in [2.45, 2.75) is 20.1 Å². The minimum Gasteiger partial charge on any atom is -0.496 e. The van der Waals surface area contributed by atoms with Crippen LogP contribution in [-0.4, -0.2) is 32.8 Å². The molecule has 2 aromatic rings. The SMILES string of the molecule is CCNC(=NCc1ccc(F)cc1)NCCOCc1ccccc1OC.I. The topological polar surface area (TPSA) is 54.9 Å². The predicted octanol–water partition coefficient (Wildman–Crippen LogP) is 3.72. The maximum absolute atomic E-state index is 12.9. The van der Waals surface area contributed by atoms with E-state index >= 15 is 0 Å². The molecule has 148 valence electrons. The molecule has 0 bridgehead atoms. The molecule has 27 heavy (non-hydrogen) atoms. The number of halogens is 2. The van der Waals surface area contributed by atoms with Gasteiger partial charge in [-0.2, -0.15) is 0 Å². The van der Waals surface area contributed by atoms with Crippen LogP contribution in [0.3, 0.4) is 0 Å². The van der Waals surface area contributed by atoms with Crippen LogP contribution >= 0.6 is 24.0 Å². The summed E-state index contributed by atoms with van der Waals surface area (Å²) in [5.41, 5.74) is 1.97. The Morgan fingerprint density at radius 1 is 1.07 bits per heavy atom. The maximum atomic E-state index is 12.9. The molecule has 0 amide bonds. The van der Waals surface area contributed by atoms with Crippen LogP contribution in [0.2, 0.25) is 0 Å². The second kappa shape index (κ2) is 13.3. The summed E-state index contributed by atoms with van der Waals surface area (Å²) in [6.07, 6.45) is 0. The van der Waals surface area contributed by atoms with Crippen molar-refractivity contribution in [2.75, 3.05) is 26.8 Å². The fraction of sp³-hybridized carbons (Fsp3) is 0.350. The Morgan fingerprint density at radius 3 is 2.52 bits per heavy atom. The number of nitrogens with one attached hydrogen (secondary N) is 2. The Labute approximate surface area is 177 Å². The Kier molecular flexibility index (Phi) is 11.4. The van der Waals surface area contributed by atoms with Crippen LogP contribution in [0.4, 0.5) is 4.39 Å². The van der Waals surface area contributed by atoms with E-state index in [1.807, 2.05) is 31.2 Å².